The number of para-hydroxylation sites is 2. The third-order valence-electron chi connectivity index (χ3n) is 5.39. The van der Waals surface area contributed by atoms with Crippen LogP contribution in [-0.4, -0.2) is 28.6 Å². The molecule has 1 N–H and O–H groups in total. The van der Waals surface area contributed by atoms with Crippen LogP contribution in [0.4, 0.5) is 0 Å². The Morgan fingerprint density at radius 2 is 1.81 bits per heavy atom. The van der Waals surface area contributed by atoms with Gasteiger partial charge in [-0.3, -0.25) is 4.79 Å². The van der Waals surface area contributed by atoms with Crippen LogP contribution in [0.2, 0.25) is 0 Å². The number of hydrogen-bond acceptors (Lipinski definition) is 3. The van der Waals surface area contributed by atoms with Crippen molar-refractivity contribution in [1.29, 1.82) is 0 Å². The number of hydrogen-bond donors (Lipinski definition) is 1. The van der Waals surface area contributed by atoms with Gasteiger partial charge in [0.2, 0.25) is 5.91 Å². The van der Waals surface area contributed by atoms with Gasteiger partial charge in [0.1, 0.15) is 11.6 Å². The lowest BCUT2D eigenvalue weighted by Gasteiger charge is -2.17. The molecular formula is C26H35N3O2. The number of amides is 1. The molecule has 0 aliphatic heterocycles. The van der Waals surface area contributed by atoms with Crippen LogP contribution in [0.5, 0.6) is 5.75 Å². The van der Waals surface area contributed by atoms with E-state index in [0.29, 0.717) is 25.5 Å². The van der Waals surface area contributed by atoms with Gasteiger partial charge >= 0.3 is 0 Å². The monoisotopic (exact) mass is 421 g/mol. The Bertz CT molecular complexity index is 998. The predicted octanol–water partition coefficient (Wildman–Crippen LogP) is 5.33. The molecular weight excluding hydrogens is 386 g/mol. The standard InChI is InChI=1S/C26H35N3O2/c1-19(2)20-11-13-21(14-12-20)31-18-8-17-29-23-10-7-6-9-22(23)28-24(29)15-16-27-25(30)26(3,4)5/h6-7,9-14,19H,8,15-18H2,1-5H3,(H,27,30). The topological polar surface area (TPSA) is 56.1 Å². The van der Waals surface area contributed by atoms with E-state index in [4.69, 9.17) is 9.72 Å². The van der Waals surface area contributed by atoms with Crippen LogP contribution in [0.3, 0.4) is 0 Å². The maximum atomic E-state index is 12.2. The lowest BCUT2D eigenvalue weighted by Crippen LogP contribution is -2.36. The Labute approximate surface area is 185 Å². The molecule has 31 heavy (non-hydrogen) atoms. The third kappa shape index (κ3) is 6.09. The van der Waals surface area contributed by atoms with E-state index < -0.39 is 0 Å². The first-order chi connectivity index (χ1) is 14.8. The molecule has 0 aliphatic rings. The van der Waals surface area contributed by atoms with Gasteiger partial charge in [-0.2, -0.15) is 0 Å². The summed E-state index contributed by atoms with van der Waals surface area (Å²) in [5, 5.41) is 3.03. The number of ether oxygens (including phenoxy) is 1. The van der Waals surface area contributed by atoms with E-state index in [9.17, 15) is 4.79 Å². The van der Waals surface area contributed by atoms with Crippen molar-refractivity contribution in [3.8, 4) is 5.75 Å². The van der Waals surface area contributed by atoms with Crippen LogP contribution >= 0.6 is 0 Å². The van der Waals surface area contributed by atoms with E-state index in [0.717, 1.165) is 35.6 Å². The minimum absolute atomic E-state index is 0.0621. The zero-order chi connectivity index (χ0) is 22.4. The highest BCUT2D eigenvalue weighted by Crippen LogP contribution is 2.20. The van der Waals surface area contributed by atoms with Gasteiger partial charge in [-0.05, 0) is 42.2 Å². The number of rotatable bonds is 9. The van der Waals surface area contributed by atoms with Crippen LogP contribution in [0.15, 0.2) is 48.5 Å². The number of aryl methyl sites for hydroxylation is 1. The van der Waals surface area contributed by atoms with Gasteiger partial charge in [-0.1, -0.05) is 58.9 Å². The molecule has 1 heterocycles. The molecule has 5 nitrogen and oxygen atoms in total. The molecule has 3 rings (SSSR count). The molecule has 0 atom stereocenters. The number of benzene rings is 2. The molecule has 0 fully saturated rings. The molecule has 0 aliphatic carbocycles. The number of fused-ring (bicyclic) bond motifs is 1. The van der Waals surface area contributed by atoms with E-state index in [1.165, 1.54) is 5.56 Å². The summed E-state index contributed by atoms with van der Waals surface area (Å²) in [6.45, 7) is 12.2. The van der Waals surface area contributed by atoms with Crippen molar-refractivity contribution in [3.63, 3.8) is 0 Å². The quantitative estimate of drug-likeness (QED) is 0.475. The van der Waals surface area contributed by atoms with Crippen LogP contribution in [0.25, 0.3) is 11.0 Å². The largest absolute Gasteiger partial charge is 0.494 e. The Hall–Kier alpha value is -2.82. The summed E-state index contributed by atoms with van der Waals surface area (Å²) in [6.07, 6.45) is 1.58. The average Bonchev–Trinajstić information content (AvgIpc) is 3.08. The minimum atomic E-state index is -0.384. The minimum Gasteiger partial charge on any atom is -0.494 e. The average molecular weight is 422 g/mol. The maximum Gasteiger partial charge on any atom is 0.225 e. The molecule has 0 spiro atoms. The van der Waals surface area contributed by atoms with E-state index in [1.807, 2.05) is 51.1 Å². The van der Waals surface area contributed by atoms with Gasteiger partial charge in [0, 0.05) is 24.9 Å². The van der Waals surface area contributed by atoms with Crippen molar-refractivity contribution in [2.24, 2.45) is 5.41 Å². The van der Waals surface area contributed by atoms with Gasteiger partial charge in [0.15, 0.2) is 0 Å². The number of nitrogens with one attached hydrogen (secondary N) is 1. The van der Waals surface area contributed by atoms with Crippen LogP contribution in [-0.2, 0) is 17.8 Å². The Balaban J connectivity index is 1.59. The van der Waals surface area contributed by atoms with Crippen molar-refractivity contribution in [3.05, 3.63) is 59.9 Å². The number of carbonyl (C=O) groups is 1. The van der Waals surface area contributed by atoms with Crippen molar-refractivity contribution >= 4 is 16.9 Å². The van der Waals surface area contributed by atoms with Crippen molar-refractivity contribution in [1.82, 2.24) is 14.9 Å². The number of nitrogens with zero attached hydrogens (tertiary/aromatic N) is 2. The first-order valence-corrected chi connectivity index (χ1v) is 11.2. The number of carbonyl (C=O) groups excluding carboxylic acids is 1. The van der Waals surface area contributed by atoms with Crippen LogP contribution in [0, 0.1) is 5.41 Å². The second kappa shape index (κ2) is 9.99. The highest BCUT2D eigenvalue weighted by Gasteiger charge is 2.20. The summed E-state index contributed by atoms with van der Waals surface area (Å²) in [4.78, 5) is 17.0. The summed E-state index contributed by atoms with van der Waals surface area (Å²) in [5.41, 5.74) is 3.05. The Kier molecular flexibility index (Phi) is 7.37. The van der Waals surface area contributed by atoms with Gasteiger partial charge < -0.3 is 14.6 Å². The molecule has 3 aromatic rings. The van der Waals surface area contributed by atoms with Crippen molar-refractivity contribution in [2.75, 3.05) is 13.2 Å². The zero-order valence-corrected chi connectivity index (χ0v) is 19.4. The molecule has 166 valence electrons. The molecule has 0 radical (unpaired) electrons. The zero-order valence-electron chi connectivity index (χ0n) is 19.4. The van der Waals surface area contributed by atoms with Gasteiger partial charge in [-0.25, -0.2) is 4.98 Å². The molecule has 0 unspecified atom stereocenters. The summed E-state index contributed by atoms with van der Waals surface area (Å²) >= 11 is 0. The van der Waals surface area contributed by atoms with Gasteiger partial charge in [0.25, 0.3) is 0 Å². The number of aromatic nitrogens is 2. The SMILES string of the molecule is CC(C)c1ccc(OCCCn2c(CCNC(=O)C(C)(C)C)nc3ccccc32)cc1. The Morgan fingerprint density at radius 3 is 2.48 bits per heavy atom. The van der Waals surface area contributed by atoms with E-state index in [1.54, 1.807) is 0 Å². The van der Waals surface area contributed by atoms with Gasteiger partial charge in [0.05, 0.1) is 17.6 Å². The molecule has 1 amide bonds. The van der Waals surface area contributed by atoms with E-state index in [2.05, 4.69) is 41.9 Å². The first kappa shape index (κ1) is 22.9. The molecule has 0 bridgehead atoms. The Morgan fingerprint density at radius 1 is 1.10 bits per heavy atom. The fourth-order valence-corrected chi connectivity index (χ4v) is 3.48. The molecule has 0 saturated carbocycles. The van der Waals surface area contributed by atoms with Crippen molar-refractivity contribution < 1.29 is 9.53 Å². The highest BCUT2D eigenvalue weighted by molar-refractivity contribution is 5.81. The molecule has 5 heteroatoms. The van der Waals surface area contributed by atoms with E-state index in [-0.39, 0.29) is 11.3 Å². The predicted molar refractivity (Wildman–Crippen MR) is 127 cm³/mol. The lowest BCUT2D eigenvalue weighted by molar-refractivity contribution is -0.128. The normalized spacial score (nSPS) is 11.8. The van der Waals surface area contributed by atoms with Crippen LogP contribution < -0.4 is 10.1 Å². The smallest absolute Gasteiger partial charge is 0.225 e. The molecule has 2 aromatic carbocycles. The second-order valence-corrected chi connectivity index (χ2v) is 9.35. The second-order valence-electron chi connectivity index (χ2n) is 9.35. The lowest BCUT2D eigenvalue weighted by atomic mass is 9.96. The van der Waals surface area contributed by atoms with Crippen molar-refractivity contribution in [2.45, 2.75) is 59.9 Å². The summed E-state index contributed by atoms with van der Waals surface area (Å²) < 4.78 is 8.20. The molecule has 1 aromatic heterocycles. The summed E-state index contributed by atoms with van der Waals surface area (Å²) in [6, 6.07) is 16.5. The van der Waals surface area contributed by atoms with Gasteiger partial charge in [-0.15, -0.1) is 0 Å². The van der Waals surface area contributed by atoms with E-state index >= 15 is 0 Å². The fourth-order valence-electron chi connectivity index (χ4n) is 3.48. The number of imidazole rings is 1. The third-order valence-corrected chi connectivity index (χ3v) is 5.39. The molecule has 0 saturated heterocycles. The first-order valence-electron chi connectivity index (χ1n) is 11.2. The maximum absolute atomic E-state index is 12.2. The highest BCUT2D eigenvalue weighted by atomic mass is 16.5. The summed E-state index contributed by atoms with van der Waals surface area (Å²) in [5.74, 6) is 2.49. The fraction of sp³-hybridized carbons (Fsp3) is 0.462. The summed E-state index contributed by atoms with van der Waals surface area (Å²) in [7, 11) is 0. The van der Waals surface area contributed by atoms with Crippen LogP contribution in [0.1, 0.15) is 58.3 Å².